The molecule has 9 N–H and O–H groups in total. The van der Waals surface area contributed by atoms with E-state index in [9.17, 15) is 46.0 Å². The molecular weight excluding hydrogens is 728 g/mol. The van der Waals surface area contributed by atoms with Crippen molar-refractivity contribution in [3.63, 3.8) is 0 Å². The van der Waals surface area contributed by atoms with Crippen LogP contribution in [0.15, 0.2) is 0 Å². The van der Waals surface area contributed by atoms with E-state index >= 15 is 0 Å². The Bertz CT molecular complexity index is 1420. The average molecular weight is 801 g/mol. The predicted octanol–water partition coefficient (Wildman–Crippen LogP) is 1.36. The van der Waals surface area contributed by atoms with E-state index in [1.807, 2.05) is 0 Å². The molecule has 3 heterocycles. The van der Waals surface area contributed by atoms with Gasteiger partial charge in [-0.25, -0.2) is 0 Å². The van der Waals surface area contributed by atoms with Gasteiger partial charge >= 0.3 is 0 Å². The van der Waals surface area contributed by atoms with Crippen LogP contribution in [0.3, 0.4) is 0 Å². The predicted molar refractivity (Wildman–Crippen MR) is 200 cm³/mol. The summed E-state index contributed by atoms with van der Waals surface area (Å²) in [6.45, 7) is 17.6. The molecule has 3 saturated heterocycles. The number of ether oxygens (including phenoxy) is 5. The lowest BCUT2D eigenvalue weighted by molar-refractivity contribution is -0.372. The second-order valence-electron chi connectivity index (χ2n) is 21.2. The second-order valence-corrected chi connectivity index (χ2v) is 21.2. The first-order valence-corrected chi connectivity index (χ1v) is 21.2. The molecule has 7 rings (SSSR count). The maximum absolute atomic E-state index is 12.4. The minimum atomic E-state index is -1.67. The quantitative estimate of drug-likeness (QED) is 0.166. The monoisotopic (exact) mass is 800 g/mol. The Balaban J connectivity index is 1.19. The van der Waals surface area contributed by atoms with Gasteiger partial charge in [-0.2, -0.15) is 0 Å². The largest absolute Gasteiger partial charge is 0.394 e. The van der Waals surface area contributed by atoms with E-state index in [0.29, 0.717) is 25.7 Å². The summed E-state index contributed by atoms with van der Waals surface area (Å²) in [5.74, 6) is -0.166. The van der Waals surface area contributed by atoms with Crippen molar-refractivity contribution < 1.29 is 69.6 Å². The molecule has 0 unspecified atom stereocenters. The standard InChI is InChI=1S/C42H72O14/c1-19-28(46)29(47)31(49)35(52-19)55-33-23(18-43)54-36(32(50)30(33)48)53-22-17-41(8)24(39(6)13-11-25(45)37(2,3)34(22)39)16-21(44)27-20(10-14-40(27,41)7)42(9)15-12-26(56-42)38(4,5)51/h19-36,43-51H,10-18H2,1-9H3/t19-,20-,21+,22-,23+,24+,25+,26+,27-,28-,29+,30+,31+,32+,33+,34+,35-,36+,39-,40+,41+,42-/m0/s1. The van der Waals surface area contributed by atoms with Crippen LogP contribution in [-0.2, 0) is 23.7 Å². The van der Waals surface area contributed by atoms with Crippen molar-refractivity contribution in [2.45, 2.75) is 211 Å². The van der Waals surface area contributed by atoms with Crippen molar-refractivity contribution in [1.29, 1.82) is 0 Å². The van der Waals surface area contributed by atoms with Crippen molar-refractivity contribution >= 4 is 0 Å². The van der Waals surface area contributed by atoms with Crippen LogP contribution in [0, 0.1) is 45.3 Å². The van der Waals surface area contributed by atoms with Gasteiger partial charge in [-0.05, 0) is 124 Å². The van der Waals surface area contributed by atoms with Crippen molar-refractivity contribution in [3.05, 3.63) is 0 Å². The fraction of sp³-hybridized carbons (Fsp3) is 1.00. The number of aliphatic hydroxyl groups excluding tert-OH is 8. The number of rotatable bonds is 7. The Labute approximate surface area is 331 Å². The molecule has 0 aromatic rings. The summed E-state index contributed by atoms with van der Waals surface area (Å²) >= 11 is 0. The highest BCUT2D eigenvalue weighted by Gasteiger charge is 2.74. The Morgan fingerprint density at radius 1 is 0.732 bits per heavy atom. The third kappa shape index (κ3) is 6.49. The summed E-state index contributed by atoms with van der Waals surface area (Å²) in [5.41, 5.74) is -3.23. The van der Waals surface area contributed by atoms with E-state index in [-0.39, 0.29) is 40.6 Å². The number of fused-ring (bicyclic) bond motifs is 5. The minimum Gasteiger partial charge on any atom is -0.394 e. The molecule has 0 aromatic carbocycles. The Morgan fingerprint density at radius 2 is 1.38 bits per heavy atom. The number of hydrogen-bond acceptors (Lipinski definition) is 14. The molecule has 0 radical (unpaired) electrons. The Morgan fingerprint density at radius 3 is 2.00 bits per heavy atom. The summed E-state index contributed by atoms with van der Waals surface area (Å²) in [6.07, 6.45) is -10.7. The van der Waals surface area contributed by atoms with E-state index in [1.165, 1.54) is 6.92 Å². The highest BCUT2D eigenvalue weighted by molar-refractivity contribution is 5.22. The molecule has 0 amide bonds. The summed E-state index contributed by atoms with van der Waals surface area (Å²) < 4.78 is 31.4. The van der Waals surface area contributed by atoms with Gasteiger partial charge in [-0.15, -0.1) is 0 Å². The molecular formula is C42H72O14. The SMILES string of the molecule is C[C@@H]1O[C@@H](O[C@H]2[C@H](O)[C@@H](O)[C@H](O[C@H]3C[C@]4(C)[C@H](C[C@@H](O)[C@@H]5[C@@H]([C@]6(C)CC[C@H](C(C)(C)O)O6)CC[C@]54C)[C@]4(C)CC[C@@H](O)C(C)(C)[C@@H]34)O[C@@H]2CO)[C@H](O)[C@H](O)[C@H]1O. The molecule has 56 heavy (non-hydrogen) atoms. The van der Waals surface area contributed by atoms with Gasteiger partial charge in [-0.3, -0.25) is 0 Å². The molecule has 0 spiro atoms. The smallest absolute Gasteiger partial charge is 0.187 e. The van der Waals surface area contributed by atoms with Crippen LogP contribution in [0.5, 0.6) is 0 Å². The van der Waals surface area contributed by atoms with Gasteiger partial charge in [-0.1, -0.05) is 34.6 Å². The van der Waals surface area contributed by atoms with Crippen molar-refractivity contribution in [3.8, 4) is 0 Å². The first-order chi connectivity index (χ1) is 25.9. The fourth-order valence-corrected chi connectivity index (χ4v) is 14.1. The third-order valence-corrected chi connectivity index (χ3v) is 17.3. The highest BCUT2D eigenvalue weighted by Crippen LogP contribution is 2.76. The van der Waals surface area contributed by atoms with Crippen LogP contribution < -0.4 is 0 Å². The summed E-state index contributed by atoms with van der Waals surface area (Å²) in [7, 11) is 0. The third-order valence-electron chi connectivity index (χ3n) is 17.3. The van der Waals surface area contributed by atoms with Crippen LogP contribution >= 0.6 is 0 Å². The van der Waals surface area contributed by atoms with E-state index in [2.05, 4.69) is 41.5 Å². The lowest BCUT2D eigenvalue weighted by Gasteiger charge is -2.72. The van der Waals surface area contributed by atoms with Gasteiger partial charge < -0.3 is 69.6 Å². The lowest BCUT2D eigenvalue weighted by Crippen LogP contribution is -2.71. The van der Waals surface area contributed by atoms with Crippen LogP contribution in [-0.4, -0.2) is 150 Å². The van der Waals surface area contributed by atoms with Crippen LogP contribution in [0.2, 0.25) is 0 Å². The molecule has 7 fully saturated rings. The van der Waals surface area contributed by atoms with Gasteiger partial charge in [0.25, 0.3) is 0 Å². The molecule has 0 aromatic heterocycles. The molecule has 7 aliphatic rings. The van der Waals surface area contributed by atoms with Gasteiger partial charge in [0.1, 0.15) is 42.7 Å². The zero-order chi connectivity index (χ0) is 41.3. The fourth-order valence-electron chi connectivity index (χ4n) is 14.1. The van der Waals surface area contributed by atoms with Crippen LogP contribution in [0.25, 0.3) is 0 Å². The molecule has 14 nitrogen and oxygen atoms in total. The van der Waals surface area contributed by atoms with E-state index in [0.717, 1.165) is 25.7 Å². The first-order valence-electron chi connectivity index (χ1n) is 21.2. The van der Waals surface area contributed by atoms with E-state index in [4.69, 9.17) is 23.7 Å². The second kappa shape index (κ2) is 14.5. The van der Waals surface area contributed by atoms with Crippen LogP contribution in [0.4, 0.5) is 0 Å². The molecule has 4 saturated carbocycles. The van der Waals surface area contributed by atoms with Crippen molar-refractivity contribution in [2.75, 3.05) is 6.61 Å². The zero-order valence-corrected chi connectivity index (χ0v) is 34.8. The number of hydrogen-bond donors (Lipinski definition) is 9. The average Bonchev–Trinajstić information content (AvgIpc) is 3.71. The topological polar surface area (TPSA) is 228 Å². The van der Waals surface area contributed by atoms with E-state index < -0.39 is 108 Å². The summed E-state index contributed by atoms with van der Waals surface area (Å²) in [6, 6.07) is 0. The van der Waals surface area contributed by atoms with Gasteiger partial charge in [0.05, 0.1) is 48.3 Å². The maximum atomic E-state index is 12.4. The zero-order valence-electron chi connectivity index (χ0n) is 34.8. The van der Waals surface area contributed by atoms with Crippen molar-refractivity contribution in [2.24, 2.45) is 45.3 Å². The molecule has 4 aliphatic carbocycles. The molecule has 14 heteroatoms. The van der Waals surface area contributed by atoms with Gasteiger partial charge in [0.15, 0.2) is 12.6 Å². The lowest BCUT2D eigenvalue weighted by atomic mass is 9.34. The molecule has 324 valence electrons. The molecule has 0 bridgehead atoms. The van der Waals surface area contributed by atoms with Crippen molar-refractivity contribution in [1.82, 2.24) is 0 Å². The number of aliphatic hydroxyl groups is 9. The summed E-state index contributed by atoms with van der Waals surface area (Å²) in [4.78, 5) is 0. The first kappa shape index (κ1) is 43.5. The Kier molecular flexibility index (Phi) is 11.3. The molecule has 3 aliphatic heterocycles. The van der Waals surface area contributed by atoms with Gasteiger partial charge in [0, 0.05) is 0 Å². The van der Waals surface area contributed by atoms with Crippen LogP contribution in [0.1, 0.15) is 114 Å². The van der Waals surface area contributed by atoms with Gasteiger partial charge in [0.2, 0.25) is 0 Å². The maximum Gasteiger partial charge on any atom is 0.187 e. The minimum absolute atomic E-state index is 0.0714. The van der Waals surface area contributed by atoms with E-state index in [1.54, 1.807) is 13.8 Å². The highest BCUT2D eigenvalue weighted by atomic mass is 16.7. The normalized spacial score (nSPS) is 57.3. The molecule has 22 atom stereocenters. The summed E-state index contributed by atoms with van der Waals surface area (Å²) in [5, 5.41) is 99.6. The Hall–Kier alpha value is -0.560.